The first kappa shape index (κ1) is 11.2. The van der Waals surface area contributed by atoms with Gasteiger partial charge in [-0.1, -0.05) is 12.2 Å². The highest BCUT2D eigenvalue weighted by Crippen LogP contribution is 2.57. The van der Waals surface area contributed by atoms with Crippen LogP contribution >= 0.6 is 0 Å². The van der Waals surface area contributed by atoms with Gasteiger partial charge in [0.25, 0.3) is 0 Å². The molecule has 98 valence electrons. The summed E-state index contributed by atoms with van der Waals surface area (Å²) in [7, 11) is 0. The van der Waals surface area contributed by atoms with Gasteiger partial charge >= 0.3 is 0 Å². The van der Waals surface area contributed by atoms with Crippen LogP contribution in [-0.4, -0.2) is 14.8 Å². The molecule has 4 heteroatoms. The van der Waals surface area contributed by atoms with Crippen LogP contribution in [0.15, 0.2) is 36.4 Å². The van der Waals surface area contributed by atoms with Crippen molar-refractivity contribution in [1.29, 1.82) is 5.26 Å². The van der Waals surface area contributed by atoms with Crippen molar-refractivity contribution in [1.82, 2.24) is 4.57 Å². The Hall–Kier alpha value is -2.67. The second kappa shape index (κ2) is 3.67. The number of allylic oxidation sites excluding steroid dienone is 2. The van der Waals surface area contributed by atoms with Crippen molar-refractivity contribution in [3.8, 4) is 23.5 Å². The standard InChI is InChI=1S/C16H12N2O2/c17-8-9-1-5-12(6-2-9)18-15(19)13-10-3-4-11(7-10)14(13)16(18)20/h1-6,10-11,19-20H,7H2/t10-,11+. The summed E-state index contributed by atoms with van der Waals surface area (Å²) in [6.07, 6.45) is 5.13. The third kappa shape index (κ3) is 1.24. The van der Waals surface area contributed by atoms with Crippen LogP contribution in [0.2, 0.25) is 0 Å². The molecular formula is C16H12N2O2. The van der Waals surface area contributed by atoms with E-state index in [1.807, 2.05) is 0 Å². The monoisotopic (exact) mass is 264 g/mol. The number of benzene rings is 1. The van der Waals surface area contributed by atoms with Crippen molar-refractivity contribution in [2.45, 2.75) is 18.3 Å². The van der Waals surface area contributed by atoms with Crippen molar-refractivity contribution in [3.05, 3.63) is 53.1 Å². The SMILES string of the molecule is N#Cc1ccc(-n2c(O)c3c(c2O)[C@H]2C=C[C@@H]3C2)cc1. The minimum atomic E-state index is 0.110. The number of hydrogen-bond acceptors (Lipinski definition) is 3. The van der Waals surface area contributed by atoms with Crippen molar-refractivity contribution in [3.63, 3.8) is 0 Å². The molecule has 2 bridgehead atoms. The van der Waals surface area contributed by atoms with Gasteiger partial charge in [0.15, 0.2) is 0 Å². The third-order valence-electron chi connectivity index (χ3n) is 4.28. The molecule has 0 spiro atoms. The number of nitriles is 1. The van der Waals surface area contributed by atoms with Crippen LogP contribution in [0, 0.1) is 11.3 Å². The van der Waals surface area contributed by atoms with Gasteiger partial charge in [0.2, 0.25) is 11.8 Å². The second-order valence-electron chi connectivity index (χ2n) is 5.30. The highest BCUT2D eigenvalue weighted by atomic mass is 16.3. The van der Waals surface area contributed by atoms with Gasteiger partial charge in [-0.05, 0) is 30.7 Å². The number of hydrogen-bond donors (Lipinski definition) is 2. The Balaban J connectivity index is 1.90. The normalized spacial score (nSPS) is 21.9. The summed E-state index contributed by atoms with van der Waals surface area (Å²) in [5.74, 6) is 0.638. The number of aromatic hydroxyl groups is 2. The summed E-state index contributed by atoms with van der Waals surface area (Å²) in [4.78, 5) is 0. The fraction of sp³-hybridized carbons (Fsp3) is 0.188. The van der Waals surface area contributed by atoms with Gasteiger partial charge in [-0.3, -0.25) is 4.57 Å². The fourth-order valence-electron chi connectivity index (χ4n) is 3.37. The topological polar surface area (TPSA) is 69.2 Å². The molecule has 1 aromatic carbocycles. The van der Waals surface area contributed by atoms with Gasteiger partial charge in [-0.15, -0.1) is 0 Å². The maximum atomic E-state index is 10.4. The molecule has 2 N–H and O–H groups in total. The van der Waals surface area contributed by atoms with Crippen molar-refractivity contribution in [2.75, 3.05) is 0 Å². The zero-order valence-corrected chi connectivity index (χ0v) is 10.6. The van der Waals surface area contributed by atoms with Gasteiger partial charge in [-0.2, -0.15) is 5.26 Å². The van der Waals surface area contributed by atoms with Crippen LogP contribution in [0.1, 0.15) is 34.9 Å². The van der Waals surface area contributed by atoms with E-state index in [4.69, 9.17) is 5.26 Å². The Morgan fingerprint density at radius 2 is 1.55 bits per heavy atom. The average Bonchev–Trinajstić information content (AvgIpc) is 3.14. The average molecular weight is 264 g/mol. The lowest BCUT2D eigenvalue weighted by molar-refractivity contribution is 0.395. The summed E-state index contributed by atoms with van der Waals surface area (Å²) in [5.41, 5.74) is 2.90. The molecule has 1 aromatic heterocycles. The molecule has 0 unspecified atom stereocenters. The molecular weight excluding hydrogens is 252 g/mol. The first-order valence-electron chi connectivity index (χ1n) is 6.56. The van der Waals surface area contributed by atoms with E-state index in [2.05, 4.69) is 18.2 Å². The Morgan fingerprint density at radius 3 is 2.05 bits per heavy atom. The van der Waals surface area contributed by atoms with Crippen LogP contribution in [-0.2, 0) is 0 Å². The van der Waals surface area contributed by atoms with Crippen LogP contribution < -0.4 is 0 Å². The summed E-state index contributed by atoms with van der Waals surface area (Å²) < 4.78 is 1.46. The lowest BCUT2D eigenvalue weighted by Crippen LogP contribution is -1.95. The second-order valence-corrected chi connectivity index (χ2v) is 5.30. The quantitative estimate of drug-likeness (QED) is 0.778. The van der Waals surface area contributed by atoms with Gasteiger partial charge in [0, 0.05) is 23.0 Å². The third-order valence-corrected chi connectivity index (χ3v) is 4.28. The largest absolute Gasteiger partial charge is 0.494 e. The highest BCUT2D eigenvalue weighted by Gasteiger charge is 2.41. The van der Waals surface area contributed by atoms with E-state index >= 15 is 0 Å². The van der Waals surface area contributed by atoms with E-state index in [1.165, 1.54) is 4.57 Å². The Kier molecular flexibility index (Phi) is 2.05. The first-order valence-corrected chi connectivity index (χ1v) is 6.56. The fourth-order valence-corrected chi connectivity index (χ4v) is 3.37. The molecule has 0 saturated heterocycles. The van der Waals surface area contributed by atoms with Crippen LogP contribution in [0.25, 0.3) is 5.69 Å². The van der Waals surface area contributed by atoms with Gasteiger partial charge in [-0.25, -0.2) is 0 Å². The Labute approximate surface area is 115 Å². The molecule has 4 nitrogen and oxygen atoms in total. The summed E-state index contributed by atoms with van der Waals surface area (Å²) in [6, 6.07) is 8.85. The van der Waals surface area contributed by atoms with Crippen LogP contribution in [0.5, 0.6) is 11.8 Å². The van der Waals surface area contributed by atoms with E-state index in [1.54, 1.807) is 24.3 Å². The summed E-state index contributed by atoms with van der Waals surface area (Å²) >= 11 is 0. The molecule has 0 fully saturated rings. The van der Waals surface area contributed by atoms with E-state index in [0.717, 1.165) is 17.5 Å². The molecule has 0 saturated carbocycles. The van der Waals surface area contributed by atoms with Crippen LogP contribution in [0.4, 0.5) is 0 Å². The Morgan fingerprint density at radius 1 is 1.00 bits per heavy atom. The number of nitrogens with zero attached hydrogens (tertiary/aromatic N) is 2. The zero-order valence-electron chi connectivity index (χ0n) is 10.6. The van der Waals surface area contributed by atoms with Crippen molar-refractivity contribution >= 4 is 0 Å². The van der Waals surface area contributed by atoms with Gasteiger partial charge in [0.1, 0.15) is 0 Å². The molecule has 0 amide bonds. The van der Waals surface area contributed by atoms with Crippen molar-refractivity contribution < 1.29 is 10.2 Å². The lowest BCUT2D eigenvalue weighted by Gasteiger charge is -2.09. The predicted molar refractivity (Wildman–Crippen MR) is 73.1 cm³/mol. The maximum absolute atomic E-state index is 10.4. The number of fused-ring (bicyclic) bond motifs is 5. The predicted octanol–water partition coefficient (Wildman–Crippen LogP) is 2.90. The van der Waals surface area contributed by atoms with Crippen LogP contribution in [0.3, 0.4) is 0 Å². The molecule has 0 radical (unpaired) electrons. The molecule has 20 heavy (non-hydrogen) atoms. The summed E-state index contributed by atoms with van der Waals surface area (Å²) in [5, 5.41) is 29.7. The highest BCUT2D eigenvalue weighted by molar-refractivity contribution is 5.62. The minimum absolute atomic E-state index is 0.110. The van der Waals surface area contributed by atoms with E-state index < -0.39 is 0 Å². The van der Waals surface area contributed by atoms with Gasteiger partial charge in [0.05, 0.1) is 17.3 Å². The molecule has 2 atom stereocenters. The van der Waals surface area contributed by atoms with Crippen molar-refractivity contribution in [2.24, 2.45) is 0 Å². The summed E-state index contributed by atoms with van der Waals surface area (Å²) in [6.45, 7) is 0. The molecule has 2 aliphatic rings. The molecule has 0 aliphatic heterocycles. The minimum Gasteiger partial charge on any atom is -0.494 e. The van der Waals surface area contributed by atoms with E-state index in [0.29, 0.717) is 11.3 Å². The van der Waals surface area contributed by atoms with Gasteiger partial charge < -0.3 is 10.2 Å². The molecule has 4 rings (SSSR count). The smallest absolute Gasteiger partial charge is 0.202 e. The van der Waals surface area contributed by atoms with E-state index in [-0.39, 0.29) is 23.6 Å². The maximum Gasteiger partial charge on any atom is 0.202 e. The zero-order chi connectivity index (χ0) is 13.9. The first-order chi connectivity index (χ1) is 9.70. The molecule has 1 heterocycles. The Bertz CT molecular complexity index is 743. The number of rotatable bonds is 1. The van der Waals surface area contributed by atoms with E-state index in [9.17, 15) is 10.2 Å². The number of aromatic nitrogens is 1. The molecule has 2 aromatic rings. The molecule has 2 aliphatic carbocycles. The lowest BCUT2D eigenvalue weighted by atomic mass is 10.0.